The lowest BCUT2D eigenvalue weighted by molar-refractivity contribution is -0.119. The standard InChI is InChI=1S/C19H26ClN5O2.HI/c1-21-18(25-10-2-7-19(13-25)11-16(26)24-12-19)23-9-8-22-17(27)14-3-5-15(20)6-4-14;/h3-6H,2,7-13H2,1H3,(H,21,23)(H,22,27)(H,24,26);1H. The number of nitrogens with zero attached hydrogens (tertiary/aromatic N) is 2. The smallest absolute Gasteiger partial charge is 0.251 e. The summed E-state index contributed by atoms with van der Waals surface area (Å²) in [6.07, 6.45) is 2.71. The molecule has 0 aromatic heterocycles. The lowest BCUT2D eigenvalue weighted by Gasteiger charge is -2.40. The Hall–Kier alpha value is -1.55. The van der Waals surface area contributed by atoms with Crippen LogP contribution in [0, 0.1) is 5.41 Å². The van der Waals surface area contributed by atoms with Gasteiger partial charge in [0.15, 0.2) is 5.96 Å². The molecule has 1 atom stereocenters. The number of nitrogens with one attached hydrogen (secondary N) is 3. The Morgan fingerprint density at radius 3 is 2.64 bits per heavy atom. The molecule has 0 radical (unpaired) electrons. The molecular formula is C19H27ClIN5O2. The van der Waals surface area contributed by atoms with Crippen LogP contribution in [-0.4, -0.2) is 62.4 Å². The van der Waals surface area contributed by atoms with Crippen LogP contribution >= 0.6 is 35.6 Å². The first kappa shape index (κ1) is 22.7. The molecule has 154 valence electrons. The SMILES string of the molecule is CN=C(NCCNC(=O)c1ccc(Cl)cc1)N1CCCC2(CNC(=O)C2)C1.I. The van der Waals surface area contributed by atoms with Gasteiger partial charge in [0.1, 0.15) is 0 Å². The van der Waals surface area contributed by atoms with Crippen LogP contribution in [0.1, 0.15) is 29.6 Å². The Morgan fingerprint density at radius 1 is 1.29 bits per heavy atom. The van der Waals surface area contributed by atoms with Gasteiger partial charge in [-0.15, -0.1) is 24.0 Å². The number of guanidine groups is 1. The summed E-state index contributed by atoms with van der Waals surface area (Å²) >= 11 is 5.84. The Morgan fingerprint density at radius 2 is 2.00 bits per heavy atom. The average molecular weight is 520 g/mol. The molecule has 2 heterocycles. The molecule has 1 aromatic rings. The maximum absolute atomic E-state index is 12.1. The number of likely N-dealkylation sites (tertiary alicyclic amines) is 1. The summed E-state index contributed by atoms with van der Waals surface area (Å²) in [7, 11) is 1.76. The van der Waals surface area contributed by atoms with Gasteiger partial charge in [0.25, 0.3) is 5.91 Å². The molecule has 1 aromatic carbocycles. The van der Waals surface area contributed by atoms with E-state index in [-0.39, 0.29) is 41.2 Å². The Balaban J connectivity index is 0.00000280. The van der Waals surface area contributed by atoms with E-state index in [0.29, 0.717) is 30.1 Å². The highest BCUT2D eigenvalue weighted by Crippen LogP contribution is 2.35. The van der Waals surface area contributed by atoms with E-state index in [9.17, 15) is 9.59 Å². The molecule has 0 saturated carbocycles. The highest BCUT2D eigenvalue weighted by atomic mass is 127. The zero-order valence-electron chi connectivity index (χ0n) is 16.0. The van der Waals surface area contributed by atoms with Gasteiger partial charge < -0.3 is 20.9 Å². The Kier molecular flexibility index (Phi) is 8.36. The van der Waals surface area contributed by atoms with Gasteiger partial charge >= 0.3 is 0 Å². The summed E-state index contributed by atoms with van der Waals surface area (Å²) in [6.45, 7) is 3.55. The lowest BCUT2D eigenvalue weighted by Crippen LogP contribution is -2.52. The molecular weight excluding hydrogens is 493 g/mol. The molecule has 1 spiro atoms. The number of halogens is 2. The van der Waals surface area contributed by atoms with Crippen LogP contribution in [0.4, 0.5) is 0 Å². The molecule has 2 fully saturated rings. The predicted molar refractivity (Wildman–Crippen MR) is 121 cm³/mol. The first-order valence-electron chi connectivity index (χ1n) is 9.27. The van der Waals surface area contributed by atoms with Crippen LogP contribution < -0.4 is 16.0 Å². The second-order valence-electron chi connectivity index (χ2n) is 7.22. The van der Waals surface area contributed by atoms with E-state index in [2.05, 4.69) is 25.8 Å². The zero-order chi connectivity index (χ0) is 19.3. The third kappa shape index (κ3) is 5.73. The van der Waals surface area contributed by atoms with Crippen molar-refractivity contribution < 1.29 is 9.59 Å². The second-order valence-corrected chi connectivity index (χ2v) is 7.65. The third-order valence-electron chi connectivity index (χ3n) is 5.17. The topological polar surface area (TPSA) is 85.8 Å². The maximum Gasteiger partial charge on any atom is 0.251 e. The molecule has 2 aliphatic rings. The number of piperidine rings is 1. The van der Waals surface area contributed by atoms with Crippen LogP contribution in [0.5, 0.6) is 0 Å². The Bertz CT molecular complexity index is 728. The van der Waals surface area contributed by atoms with E-state index < -0.39 is 0 Å². The number of hydrogen-bond donors (Lipinski definition) is 3. The molecule has 7 nitrogen and oxygen atoms in total. The quantitative estimate of drug-likeness (QED) is 0.245. The fraction of sp³-hybridized carbons (Fsp3) is 0.526. The van der Waals surface area contributed by atoms with E-state index in [1.165, 1.54) is 0 Å². The molecule has 28 heavy (non-hydrogen) atoms. The van der Waals surface area contributed by atoms with E-state index >= 15 is 0 Å². The molecule has 3 N–H and O–H groups in total. The van der Waals surface area contributed by atoms with Crippen LogP contribution in [0.3, 0.4) is 0 Å². The number of amides is 2. The van der Waals surface area contributed by atoms with Crippen LogP contribution in [0.2, 0.25) is 5.02 Å². The molecule has 0 aliphatic carbocycles. The number of aliphatic imine (C=N–C) groups is 1. The van der Waals surface area contributed by atoms with Gasteiger partial charge in [-0.2, -0.15) is 0 Å². The van der Waals surface area contributed by atoms with Crippen molar-refractivity contribution in [1.29, 1.82) is 0 Å². The first-order chi connectivity index (χ1) is 13.0. The summed E-state index contributed by atoms with van der Waals surface area (Å²) < 4.78 is 0. The minimum atomic E-state index is -0.129. The second kappa shape index (κ2) is 10.3. The van der Waals surface area contributed by atoms with Crippen molar-refractivity contribution in [1.82, 2.24) is 20.9 Å². The summed E-state index contributed by atoms with van der Waals surface area (Å²) in [4.78, 5) is 30.3. The number of benzene rings is 1. The lowest BCUT2D eigenvalue weighted by atomic mass is 9.79. The van der Waals surface area contributed by atoms with Crippen LogP contribution in [0.25, 0.3) is 0 Å². The molecule has 1 unspecified atom stereocenters. The van der Waals surface area contributed by atoms with Gasteiger partial charge in [-0.1, -0.05) is 11.6 Å². The van der Waals surface area contributed by atoms with E-state index in [1.807, 2.05) is 0 Å². The van der Waals surface area contributed by atoms with Gasteiger partial charge in [-0.3, -0.25) is 14.6 Å². The van der Waals surface area contributed by atoms with Gasteiger partial charge in [-0.05, 0) is 37.1 Å². The summed E-state index contributed by atoms with van der Waals surface area (Å²) in [5.41, 5.74) is 0.607. The van der Waals surface area contributed by atoms with E-state index in [4.69, 9.17) is 11.6 Å². The highest BCUT2D eigenvalue weighted by molar-refractivity contribution is 14.0. The number of carbonyl (C=O) groups is 2. The van der Waals surface area contributed by atoms with Gasteiger partial charge in [0.05, 0.1) is 0 Å². The molecule has 0 bridgehead atoms. The third-order valence-corrected chi connectivity index (χ3v) is 5.42. The fourth-order valence-corrected chi connectivity index (χ4v) is 3.94. The maximum atomic E-state index is 12.1. The van der Waals surface area contributed by atoms with E-state index in [1.54, 1.807) is 31.3 Å². The molecule has 3 rings (SSSR count). The van der Waals surface area contributed by atoms with Crippen molar-refractivity contribution in [3.05, 3.63) is 34.9 Å². The van der Waals surface area contributed by atoms with Crippen molar-refractivity contribution in [2.45, 2.75) is 19.3 Å². The molecule has 2 saturated heterocycles. The molecule has 2 amide bonds. The van der Waals surface area contributed by atoms with Crippen LogP contribution in [-0.2, 0) is 4.79 Å². The minimum Gasteiger partial charge on any atom is -0.355 e. The minimum absolute atomic E-state index is 0. The monoisotopic (exact) mass is 519 g/mol. The first-order valence-corrected chi connectivity index (χ1v) is 9.65. The number of carbonyl (C=O) groups excluding carboxylic acids is 2. The van der Waals surface area contributed by atoms with Crippen molar-refractivity contribution >= 4 is 53.4 Å². The molecule has 2 aliphatic heterocycles. The summed E-state index contributed by atoms with van der Waals surface area (Å²) in [5, 5.41) is 9.76. The van der Waals surface area contributed by atoms with E-state index in [0.717, 1.165) is 38.4 Å². The number of rotatable bonds is 4. The number of hydrogen-bond acceptors (Lipinski definition) is 3. The van der Waals surface area contributed by atoms with Gasteiger partial charge in [0.2, 0.25) is 5.91 Å². The average Bonchev–Trinajstić information content (AvgIpc) is 3.01. The summed E-state index contributed by atoms with van der Waals surface area (Å²) in [5.74, 6) is 0.829. The normalized spacial score (nSPS) is 21.9. The highest BCUT2D eigenvalue weighted by Gasteiger charge is 2.42. The van der Waals surface area contributed by atoms with Crippen LogP contribution in [0.15, 0.2) is 29.3 Å². The van der Waals surface area contributed by atoms with Gasteiger partial charge in [0, 0.05) is 62.2 Å². The largest absolute Gasteiger partial charge is 0.355 e. The van der Waals surface area contributed by atoms with Crippen molar-refractivity contribution in [3.8, 4) is 0 Å². The zero-order valence-corrected chi connectivity index (χ0v) is 19.0. The fourth-order valence-electron chi connectivity index (χ4n) is 3.81. The summed E-state index contributed by atoms with van der Waals surface area (Å²) in [6, 6.07) is 6.80. The van der Waals surface area contributed by atoms with Crippen molar-refractivity contribution in [3.63, 3.8) is 0 Å². The Labute approximate surface area is 187 Å². The molecule has 9 heteroatoms. The van der Waals surface area contributed by atoms with Crippen molar-refractivity contribution in [2.24, 2.45) is 10.4 Å². The van der Waals surface area contributed by atoms with Gasteiger partial charge in [-0.25, -0.2) is 0 Å². The van der Waals surface area contributed by atoms with Crippen molar-refractivity contribution in [2.75, 3.05) is 39.8 Å². The predicted octanol–water partition coefficient (Wildman–Crippen LogP) is 1.87.